The number of rotatable bonds is 7. The summed E-state index contributed by atoms with van der Waals surface area (Å²) in [7, 11) is 0. The Hall–Kier alpha value is -2.79. The number of aryl methyl sites for hydroxylation is 2. The first-order valence-electron chi connectivity index (χ1n) is 8.86. The molecule has 140 valence electrons. The molecule has 0 unspecified atom stereocenters. The molecule has 0 aliphatic heterocycles. The zero-order valence-electron chi connectivity index (χ0n) is 15.7. The quantitative estimate of drug-likeness (QED) is 0.580. The molecule has 2 aromatic carbocycles. The molecule has 1 heterocycles. The Morgan fingerprint density at radius 3 is 2.33 bits per heavy atom. The summed E-state index contributed by atoms with van der Waals surface area (Å²) < 4.78 is 11.3. The molecule has 3 rings (SSSR count). The Kier molecular flexibility index (Phi) is 6.14. The van der Waals surface area contributed by atoms with Crippen molar-refractivity contribution in [2.24, 2.45) is 0 Å². The highest BCUT2D eigenvalue weighted by Gasteiger charge is 2.10. The number of anilines is 1. The third-order valence-electron chi connectivity index (χ3n) is 3.90. The van der Waals surface area contributed by atoms with Crippen molar-refractivity contribution in [3.63, 3.8) is 0 Å². The van der Waals surface area contributed by atoms with E-state index in [9.17, 15) is 4.79 Å². The topological polar surface area (TPSA) is 47.6 Å². The van der Waals surface area contributed by atoms with Gasteiger partial charge in [-0.2, -0.15) is 0 Å². The summed E-state index contributed by atoms with van der Waals surface area (Å²) in [5.74, 6) is 1.51. The van der Waals surface area contributed by atoms with Gasteiger partial charge in [-0.05, 0) is 79.7 Å². The molecular weight excluding hydrogens is 358 g/mol. The highest BCUT2D eigenvalue weighted by atomic mass is 32.1. The van der Waals surface area contributed by atoms with Crippen LogP contribution in [0.3, 0.4) is 0 Å². The van der Waals surface area contributed by atoms with Gasteiger partial charge in [0.2, 0.25) is 0 Å². The lowest BCUT2D eigenvalue weighted by Gasteiger charge is -2.07. The zero-order chi connectivity index (χ0) is 19.2. The van der Waals surface area contributed by atoms with Crippen LogP contribution in [0.25, 0.3) is 0 Å². The summed E-state index contributed by atoms with van der Waals surface area (Å²) in [6, 6.07) is 15.4. The molecule has 0 aliphatic carbocycles. The fraction of sp³-hybridized carbons (Fsp3) is 0.227. The van der Waals surface area contributed by atoms with Gasteiger partial charge in [0.05, 0.1) is 11.5 Å². The van der Waals surface area contributed by atoms with Crippen LogP contribution >= 0.6 is 11.3 Å². The van der Waals surface area contributed by atoms with Crippen molar-refractivity contribution in [1.82, 2.24) is 0 Å². The van der Waals surface area contributed by atoms with Crippen LogP contribution in [0.15, 0.2) is 53.9 Å². The minimum absolute atomic E-state index is 0.123. The molecule has 27 heavy (non-hydrogen) atoms. The molecule has 1 amide bonds. The van der Waals surface area contributed by atoms with Crippen LogP contribution in [0.2, 0.25) is 0 Å². The lowest BCUT2D eigenvalue weighted by molar-refractivity contribution is 0.103. The van der Waals surface area contributed by atoms with E-state index < -0.39 is 0 Å². The molecule has 5 heteroatoms. The van der Waals surface area contributed by atoms with Crippen molar-refractivity contribution in [3.8, 4) is 11.5 Å². The average Bonchev–Trinajstić information content (AvgIpc) is 3.10. The highest BCUT2D eigenvalue weighted by Crippen LogP contribution is 2.22. The van der Waals surface area contributed by atoms with Crippen LogP contribution in [-0.4, -0.2) is 12.5 Å². The maximum atomic E-state index is 12.4. The van der Waals surface area contributed by atoms with E-state index in [0.29, 0.717) is 18.1 Å². The number of carbonyl (C=O) groups excluding carboxylic acids is 1. The molecule has 1 N–H and O–H groups in total. The molecule has 0 spiro atoms. The fourth-order valence-corrected chi connectivity index (χ4v) is 3.54. The number of thiophene rings is 1. The Morgan fingerprint density at radius 2 is 1.67 bits per heavy atom. The second kappa shape index (κ2) is 8.73. The molecule has 0 saturated heterocycles. The van der Waals surface area contributed by atoms with E-state index in [0.717, 1.165) is 22.7 Å². The van der Waals surface area contributed by atoms with Gasteiger partial charge in [0.15, 0.2) is 0 Å². The standard InChI is InChI=1S/C22H23NO3S/c1-4-25-19-7-5-18(6-8-19)23-22(24)21-12-17(14-27-21)13-26-20-10-15(2)9-16(3)11-20/h5-12,14H,4,13H2,1-3H3,(H,23,24). The summed E-state index contributed by atoms with van der Waals surface area (Å²) in [4.78, 5) is 13.1. The number of benzene rings is 2. The summed E-state index contributed by atoms with van der Waals surface area (Å²) in [5.41, 5.74) is 4.07. The minimum atomic E-state index is -0.123. The number of hydrogen-bond donors (Lipinski definition) is 1. The number of carbonyl (C=O) groups is 1. The largest absolute Gasteiger partial charge is 0.494 e. The molecule has 0 aliphatic rings. The van der Waals surface area contributed by atoms with Crippen molar-refractivity contribution in [2.75, 3.05) is 11.9 Å². The smallest absolute Gasteiger partial charge is 0.265 e. The molecule has 0 bridgehead atoms. The van der Waals surface area contributed by atoms with E-state index in [-0.39, 0.29) is 5.91 Å². The van der Waals surface area contributed by atoms with Gasteiger partial charge in [-0.3, -0.25) is 4.79 Å². The monoisotopic (exact) mass is 381 g/mol. The SMILES string of the molecule is CCOc1ccc(NC(=O)c2cc(COc3cc(C)cc(C)c3)cs2)cc1. The van der Waals surface area contributed by atoms with E-state index >= 15 is 0 Å². The zero-order valence-corrected chi connectivity index (χ0v) is 16.6. The number of nitrogens with one attached hydrogen (secondary N) is 1. The van der Waals surface area contributed by atoms with E-state index in [4.69, 9.17) is 9.47 Å². The van der Waals surface area contributed by atoms with E-state index in [1.807, 2.05) is 68.6 Å². The maximum Gasteiger partial charge on any atom is 0.265 e. The Labute approximate surface area is 163 Å². The molecular formula is C22H23NO3S. The van der Waals surface area contributed by atoms with Gasteiger partial charge < -0.3 is 14.8 Å². The van der Waals surface area contributed by atoms with Gasteiger partial charge in [-0.15, -0.1) is 11.3 Å². The number of amides is 1. The summed E-state index contributed by atoms with van der Waals surface area (Å²) >= 11 is 1.41. The highest BCUT2D eigenvalue weighted by molar-refractivity contribution is 7.12. The van der Waals surface area contributed by atoms with E-state index in [1.165, 1.54) is 22.5 Å². The van der Waals surface area contributed by atoms with Crippen LogP contribution < -0.4 is 14.8 Å². The predicted octanol–water partition coefficient (Wildman–Crippen LogP) is 5.59. The van der Waals surface area contributed by atoms with Crippen molar-refractivity contribution >= 4 is 22.9 Å². The molecule has 0 fully saturated rings. The lowest BCUT2D eigenvalue weighted by atomic mass is 10.1. The number of ether oxygens (including phenoxy) is 2. The third-order valence-corrected chi connectivity index (χ3v) is 4.88. The van der Waals surface area contributed by atoms with Crippen LogP contribution in [-0.2, 0) is 6.61 Å². The fourth-order valence-electron chi connectivity index (χ4n) is 2.75. The number of hydrogen-bond acceptors (Lipinski definition) is 4. The predicted molar refractivity (Wildman–Crippen MR) is 110 cm³/mol. The Balaban J connectivity index is 1.58. The summed E-state index contributed by atoms with van der Waals surface area (Å²) in [6.07, 6.45) is 0. The Bertz CT molecular complexity index is 895. The van der Waals surface area contributed by atoms with Gasteiger partial charge >= 0.3 is 0 Å². The first-order valence-corrected chi connectivity index (χ1v) is 9.74. The van der Waals surface area contributed by atoms with Gasteiger partial charge in [0, 0.05) is 11.3 Å². The van der Waals surface area contributed by atoms with Gasteiger partial charge in [0.1, 0.15) is 18.1 Å². The summed E-state index contributed by atoms with van der Waals surface area (Å²) in [5, 5.41) is 4.86. The molecule has 0 saturated carbocycles. The third kappa shape index (κ3) is 5.34. The normalized spacial score (nSPS) is 10.5. The van der Waals surface area contributed by atoms with Crippen LogP contribution in [0.5, 0.6) is 11.5 Å². The van der Waals surface area contributed by atoms with Crippen molar-refractivity contribution in [3.05, 3.63) is 75.5 Å². The van der Waals surface area contributed by atoms with Crippen LogP contribution in [0.4, 0.5) is 5.69 Å². The van der Waals surface area contributed by atoms with Gasteiger partial charge in [-0.1, -0.05) is 6.07 Å². The first-order chi connectivity index (χ1) is 13.0. The van der Waals surface area contributed by atoms with E-state index in [1.54, 1.807) is 0 Å². The second-order valence-electron chi connectivity index (χ2n) is 6.34. The Morgan fingerprint density at radius 1 is 0.963 bits per heavy atom. The molecule has 3 aromatic rings. The van der Waals surface area contributed by atoms with Crippen molar-refractivity contribution in [2.45, 2.75) is 27.4 Å². The maximum absolute atomic E-state index is 12.4. The lowest BCUT2D eigenvalue weighted by Crippen LogP contribution is -2.10. The molecule has 0 atom stereocenters. The van der Waals surface area contributed by atoms with E-state index in [2.05, 4.69) is 11.4 Å². The minimum Gasteiger partial charge on any atom is -0.494 e. The van der Waals surface area contributed by atoms with Crippen molar-refractivity contribution < 1.29 is 14.3 Å². The second-order valence-corrected chi connectivity index (χ2v) is 7.25. The van der Waals surface area contributed by atoms with Crippen LogP contribution in [0, 0.1) is 13.8 Å². The first kappa shape index (κ1) is 19.0. The van der Waals surface area contributed by atoms with Gasteiger partial charge in [0.25, 0.3) is 5.91 Å². The molecule has 1 aromatic heterocycles. The average molecular weight is 381 g/mol. The van der Waals surface area contributed by atoms with Gasteiger partial charge in [-0.25, -0.2) is 0 Å². The molecule has 4 nitrogen and oxygen atoms in total. The van der Waals surface area contributed by atoms with Crippen molar-refractivity contribution in [1.29, 1.82) is 0 Å². The molecule has 0 radical (unpaired) electrons. The van der Waals surface area contributed by atoms with Crippen LogP contribution in [0.1, 0.15) is 33.3 Å². The summed E-state index contributed by atoms with van der Waals surface area (Å²) in [6.45, 7) is 7.10.